The quantitative estimate of drug-likeness (QED) is 0.887. The Morgan fingerprint density at radius 3 is 2.58 bits per heavy atom. The summed E-state index contributed by atoms with van der Waals surface area (Å²) in [6.45, 7) is 8.81. The van der Waals surface area contributed by atoms with Crippen molar-refractivity contribution in [3.8, 4) is 11.4 Å². The Hall–Kier alpha value is -2.11. The van der Waals surface area contributed by atoms with Gasteiger partial charge in [-0.2, -0.15) is 10.1 Å². The van der Waals surface area contributed by atoms with Gasteiger partial charge in [0.1, 0.15) is 5.82 Å². The van der Waals surface area contributed by atoms with Crippen LogP contribution in [0.2, 0.25) is 0 Å². The van der Waals surface area contributed by atoms with Crippen LogP contribution in [0.15, 0.2) is 18.3 Å². The van der Waals surface area contributed by atoms with Crippen molar-refractivity contribution in [2.75, 3.05) is 23.7 Å². The zero-order valence-corrected chi connectivity index (χ0v) is 11.7. The summed E-state index contributed by atoms with van der Waals surface area (Å²) in [5, 5.41) is 4.26. The van der Waals surface area contributed by atoms with Crippen molar-refractivity contribution in [3.05, 3.63) is 18.3 Å². The first-order chi connectivity index (χ1) is 9.19. The molecular formula is C13H20N6. The Balaban J connectivity index is 2.47. The van der Waals surface area contributed by atoms with Crippen molar-refractivity contribution in [2.24, 2.45) is 0 Å². The van der Waals surface area contributed by atoms with Gasteiger partial charge in [-0.3, -0.25) is 4.68 Å². The van der Waals surface area contributed by atoms with Crippen molar-refractivity contribution < 1.29 is 0 Å². The molecule has 2 rings (SSSR count). The number of nitrogens with zero attached hydrogens (tertiary/aromatic N) is 5. The average molecular weight is 260 g/mol. The molecule has 0 saturated carbocycles. The molecule has 102 valence electrons. The van der Waals surface area contributed by atoms with Crippen LogP contribution in [0.4, 0.5) is 11.8 Å². The first-order valence-electron chi connectivity index (χ1n) is 6.61. The number of nitrogen functional groups attached to an aromatic ring is 1. The SMILES string of the molecule is CCN(CC)c1cc(-c2ccnn2CC)nc(N)n1. The van der Waals surface area contributed by atoms with Crippen molar-refractivity contribution >= 4 is 11.8 Å². The number of hydrogen-bond acceptors (Lipinski definition) is 5. The lowest BCUT2D eigenvalue weighted by atomic mass is 10.2. The van der Waals surface area contributed by atoms with Crippen LogP contribution >= 0.6 is 0 Å². The molecule has 6 nitrogen and oxygen atoms in total. The molecule has 2 aromatic rings. The maximum atomic E-state index is 5.83. The Kier molecular flexibility index (Phi) is 3.99. The van der Waals surface area contributed by atoms with Crippen LogP contribution in [0, 0.1) is 0 Å². The maximum Gasteiger partial charge on any atom is 0.222 e. The second-order valence-electron chi connectivity index (χ2n) is 4.17. The fourth-order valence-electron chi connectivity index (χ4n) is 2.10. The number of aryl methyl sites for hydroxylation is 1. The normalized spacial score (nSPS) is 10.7. The number of rotatable bonds is 5. The molecule has 0 aliphatic rings. The van der Waals surface area contributed by atoms with E-state index < -0.39 is 0 Å². The van der Waals surface area contributed by atoms with E-state index in [4.69, 9.17) is 5.73 Å². The molecule has 2 aromatic heterocycles. The highest BCUT2D eigenvalue weighted by molar-refractivity contribution is 5.61. The van der Waals surface area contributed by atoms with Gasteiger partial charge >= 0.3 is 0 Å². The van der Waals surface area contributed by atoms with Crippen LogP contribution in [0.1, 0.15) is 20.8 Å². The average Bonchev–Trinajstić information content (AvgIpc) is 2.88. The summed E-state index contributed by atoms with van der Waals surface area (Å²) < 4.78 is 1.90. The first-order valence-corrected chi connectivity index (χ1v) is 6.61. The number of hydrogen-bond donors (Lipinski definition) is 1. The van der Waals surface area contributed by atoms with E-state index in [9.17, 15) is 0 Å². The molecule has 0 aromatic carbocycles. The summed E-state index contributed by atoms with van der Waals surface area (Å²) >= 11 is 0. The predicted octanol–water partition coefficient (Wildman–Crippen LogP) is 1.79. The van der Waals surface area contributed by atoms with E-state index in [-0.39, 0.29) is 0 Å². The van der Waals surface area contributed by atoms with Gasteiger partial charge in [0.25, 0.3) is 0 Å². The minimum atomic E-state index is 0.295. The van der Waals surface area contributed by atoms with E-state index >= 15 is 0 Å². The minimum absolute atomic E-state index is 0.295. The van der Waals surface area contributed by atoms with Gasteiger partial charge in [-0.15, -0.1) is 0 Å². The standard InChI is InChI=1S/C13H20N6/c1-4-18(5-2)12-9-10(16-13(14)17-12)11-7-8-15-19(11)6-3/h7-9H,4-6H2,1-3H3,(H2,14,16,17). The molecule has 0 saturated heterocycles. The topological polar surface area (TPSA) is 72.9 Å². The molecule has 0 fully saturated rings. The summed E-state index contributed by atoms with van der Waals surface area (Å²) in [7, 11) is 0. The summed E-state index contributed by atoms with van der Waals surface area (Å²) in [5.74, 6) is 1.15. The van der Waals surface area contributed by atoms with E-state index in [2.05, 4.69) is 33.8 Å². The molecule has 0 aliphatic carbocycles. The molecule has 19 heavy (non-hydrogen) atoms. The van der Waals surface area contributed by atoms with Crippen molar-refractivity contribution in [2.45, 2.75) is 27.3 Å². The Bertz CT molecular complexity index is 544. The number of aromatic nitrogens is 4. The molecule has 0 atom stereocenters. The molecule has 0 amide bonds. The third-order valence-electron chi connectivity index (χ3n) is 3.10. The summed E-state index contributed by atoms with van der Waals surface area (Å²) in [5.41, 5.74) is 7.60. The van der Waals surface area contributed by atoms with Gasteiger partial charge in [-0.25, -0.2) is 4.98 Å². The zero-order chi connectivity index (χ0) is 13.8. The van der Waals surface area contributed by atoms with Gasteiger partial charge in [0.2, 0.25) is 5.95 Å². The van der Waals surface area contributed by atoms with E-state index in [1.807, 2.05) is 23.7 Å². The van der Waals surface area contributed by atoms with E-state index in [1.54, 1.807) is 6.20 Å². The molecule has 6 heteroatoms. The Labute approximate surface area is 113 Å². The third-order valence-corrected chi connectivity index (χ3v) is 3.10. The fourth-order valence-corrected chi connectivity index (χ4v) is 2.10. The predicted molar refractivity (Wildman–Crippen MR) is 76.9 cm³/mol. The minimum Gasteiger partial charge on any atom is -0.368 e. The van der Waals surface area contributed by atoms with Gasteiger partial charge < -0.3 is 10.6 Å². The fraction of sp³-hybridized carbons (Fsp3) is 0.462. The molecular weight excluding hydrogens is 240 g/mol. The Morgan fingerprint density at radius 1 is 1.21 bits per heavy atom. The summed E-state index contributed by atoms with van der Waals surface area (Å²) in [6, 6.07) is 3.91. The van der Waals surface area contributed by atoms with Crippen LogP contribution in [0.5, 0.6) is 0 Å². The summed E-state index contributed by atoms with van der Waals surface area (Å²) in [4.78, 5) is 10.8. The third kappa shape index (κ3) is 2.67. The Morgan fingerprint density at radius 2 is 1.95 bits per heavy atom. The highest BCUT2D eigenvalue weighted by Crippen LogP contribution is 2.22. The molecule has 0 radical (unpaired) electrons. The largest absolute Gasteiger partial charge is 0.368 e. The van der Waals surface area contributed by atoms with Gasteiger partial charge in [0.05, 0.1) is 11.4 Å². The van der Waals surface area contributed by atoms with Crippen LogP contribution < -0.4 is 10.6 Å². The lowest BCUT2D eigenvalue weighted by Gasteiger charge is -2.20. The van der Waals surface area contributed by atoms with E-state index in [1.165, 1.54) is 0 Å². The number of nitrogens with two attached hydrogens (primary N) is 1. The molecule has 0 unspecified atom stereocenters. The van der Waals surface area contributed by atoms with Crippen LogP contribution in [0.3, 0.4) is 0 Å². The van der Waals surface area contributed by atoms with Gasteiger partial charge in [0, 0.05) is 31.9 Å². The molecule has 0 spiro atoms. The highest BCUT2D eigenvalue weighted by atomic mass is 15.3. The molecule has 2 N–H and O–H groups in total. The highest BCUT2D eigenvalue weighted by Gasteiger charge is 2.11. The lowest BCUT2D eigenvalue weighted by molar-refractivity contribution is 0.665. The van der Waals surface area contributed by atoms with Gasteiger partial charge in [0.15, 0.2) is 0 Å². The first kappa shape index (κ1) is 13.3. The number of anilines is 2. The second kappa shape index (κ2) is 5.69. The zero-order valence-electron chi connectivity index (χ0n) is 11.7. The molecule has 0 aliphatic heterocycles. The van der Waals surface area contributed by atoms with Crippen molar-refractivity contribution in [1.29, 1.82) is 0 Å². The van der Waals surface area contributed by atoms with Gasteiger partial charge in [-0.05, 0) is 26.8 Å². The maximum absolute atomic E-state index is 5.83. The smallest absolute Gasteiger partial charge is 0.222 e. The molecule has 0 bridgehead atoms. The van der Waals surface area contributed by atoms with E-state index in [0.717, 1.165) is 36.8 Å². The second-order valence-corrected chi connectivity index (χ2v) is 4.17. The monoisotopic (exact) mass is 260 g/mol. The van der Waals surface area contributed by atoms with Crippen LogP contribution in [0.25, 0.3) is 11.4 Å². The van der Waals surface area contributed by atoms with Crippen molar-refractivity contribution in [1.82, 2.24) is 19.7 Å². The lowest BCUT2D eigenvalue weighted by Crippen LogP contribution is -2.23. The van der Waals surface area contributed by atoms with Gasteiger partial charge in [-0.1, -0.05) is 0 Å². The van der Waals surface area contributed by atoms with Crippen LogP contribution in [-0.4, -0.2) is 32.8 Å². The van der Waals surface area contributed by atoms with Crippen LogP contribution in [-0.2, 0) is 6.54 Å². The summed E-state index contributed by atoms with van der Waals surface area (Å²) in [6.07, 6.45) is 1.77. The van der Waals surface area contributed by atoms with Crippen molar-refractivity contribution in [3.63, 3.8) is 0 Å². The molecule has 2 heterocycles. The van der Waals surface area contributed by atoms with E-state index in [0.29, 0.717) is 5.95 Å².